The van der Waals surface area contributed by atoms with Crippen LogP contribution in [0.25, 0.3) is 0 Å². The van der Waals surface area contributed by atoms with Crippen molar-refractivity contribution in [3.05, 3.63) is 29.3 Å². The lowest BCUT2D eigenvalue weighted by molar-refractivity contribution is -0.118. The van der Waals surface area contributed by atoms with E-state index >= 15 is 0 Å². The number of carbonyl (C=O) groups excluding carboxylic acids is 1. The van der Waals surface area contributed by atoms with Crippen molar-refractivity contribution in [2.24, 2.45) is 5.73 Å². The molecule has 16 heavy (non-hydrogen) atoms. The van der Waals surface area contributed by atoms with E-state index < -0.39 is 0 Å². The van der Waals surface area contributed by atoms with E-state index in [1.54, 1.807) is 0 Å². The molecule has 0 radical (unpaired) electrons. The molecular weight excluding hydrogens is 200 g/mol. The standard InChI is InChI=1S/C13H18N2O/c1-2-13(16)15-8-4-6-11-10(9-14)5-3-7-12(11)15/h3,5,7H,2,4,6,8-9,14H2,1H3. The van der Waals surface area contributed by atoms with E-state index in [0.29, 0.717) is 13.0 Å². The third-order valence-corrected chi connectivity index (χ3v) is 3.17. The van der Waals surface area contributed by atoms with Gasteiger partial charge in [-0.2, -0.15) is 0 Å². The zero-order valence-corrected chi connectivity index (χ0v) is 9.70. The van der Waals surface area contributed by atoms with E-state index in [1.807, 2.05) is 24.0 Å². The summed E-state index contributed by atoms with van der Waals surface area (Å²) in [6, 6.07) is 6.07. The molecule has 0 aliphatic carbocycles. The van der Waals surface area contributed by atoms with Crippen LogP contribution in [0.3, 0.4) is 0 Å². The summed E-state index contributed by atoms with van der Waals surface area (Å²) in [5.41, 5.74) is 9.23. The Labute approximate surface area is 96.2 Å². The van der Waals surface area contributed by atoms with Crippen LogP contribution in [0.1, 0.15) is 30.9 Å². The van der Waals surface area contributed by atoms with E-state index in [-0.39, 0.29) is 5.91 Å². The molecule has 0 unspecified atom stereocenters. The molecule has 1 aliphatic rings. The van der Waals surface area contributed by atoms with E-state index in [1.165, 1.54) is 11.1 Å². The third kappa shape index (κ3) is 1.83. The summed E-state index contributed by atoms with van der Waals surface area (Å²) in [7, 11) is 0. The average Bonchev–Trinajstić information content (AvgIpc) is 2.36. The molecule has 0 aromatic heterocycles. The minimum atomic E-state index is 0.204. The van der Waals surface area contributed by atoms with Crippen LogP contribution in [-0.2, 0) is 17.8 Å². The predicted molar refractivity (Wildman–Crippen MR) is 65.3 cm³/mol. The maximum absolute atomic E-state index is 11.8. The molecule has 0 atom stereocenters. The first-order chi connectivity index (χ1) is 7.77. The second kappa shape index (κ2) is 4.66. The van der Waals surface area contributed by atoms with Gasteiger partial charge in [-0.15, -0.1) is 0 Å². The number of amides is 1. The van der Waals surface area contributed by atoms with Crippen LogP contribution in [-0.4, -0.2) is 12.5 Å². The Balaban J connectivity index is 2.43. The highest BCUT2D eigenvalue weighted by atomic mass is 16.2. The van der Waals surface area contributed by atoms with E-state index in [4.69, 9.17) is 5.73 Å². The fourth-order valence-electron chi connectivity index (χ4n) is 2.34. The first-order valence-corrected chi connectivity index (χ1v) is 5.89. The minimum Gasteiger partial charge on any atom is -0.326 e. The highest BCUT2D eigenvalue weighted by Crippen LogP contribution is 2.30. The molecule has 3 nitrogen and oxygen atoms in total. The van der Waals surface area contributed by atoms with Crippen molar-refractivity contribution in [2.45, 2.75) is 32.7 Å². The average molecular weight is 218 g/mol. The van der Waals surface area contributed by atoms with Crippen LogP contribution < -0.4 is 10.6 Å². The topological polar surface area (TPSA) is 46.3 Å². The zero-order chi connectivity index (χ0) is 11.5. The van der Waals surface area contributed by atoms with Crippen LogP contribution in [0.15, 0.2) is 18.2 Å². The number of hydrogen-bond acceptors (Lipinski definition) is 2. The van der Waals surface area contributed by atoms with Crippen LogP contribution in [0, 0.1) is 0 Å². The molecule has 1 aromatic rings. The zero-order valence-electron chi connectivity index (χ0n) is 9.70. The van der Waals surface area contributed by atoms with Crippen molar-refractivity contribution in [2.75, 3.05) is 11.4 Å². The number of carbonyl (C=O) groups is 1. The molecule has 1 aromatic carbocycles. The van der Waals surface area contributed by atoms with Crippen molar-refractivity contribution in [3.63, 3.8) is 0 Å². The normalized spacial score (nSPS) is 14.8. The molecule has 3 heteroatoms. The van der Waals surface area contributed by atoms with E-state index in [0.717, 1.165) is 25.1 Å². The second-order valence-corrected chi connectivity index (χ2v) is 4.12. The third-order valence-electron chi connectivity index (χ3n) is 3.17. The molecule has 2 N–H and O–H groups in total. The maximum Gasteiger partial charge on any atom is 0.226 e. The Kier molecular flexibility index (Phi) is 3.25. The highest BCUT2D eigenvalue weighted by Gasteiger charge is 2.22. The summed E-state index contributed by atoms with van der Waals surface area (Å²) in [4.78, 5) is 13.7. The lowest BCUT2D eigenvalue weighted by Crippen LogP contribution is -2.35. The van der Waals surface area contributed by atoms with Gasteiger partial charge >= 0.3 is 0 Å². The summed E-state index contributed by atoms with van der Waals surface area (Å²) < 4.78 is 0. The van der Waals surface area contributed by atoms with Gasteiger partial charge in [0, 0.05) is 25.2 Å². The van der Waals surface area contributed by atoms with Gasteiger partial charge in [-0.3, -0.25) is 4.79 Å². The van der Waals surface area contributed by atoms with Gasteiger partial charge in [-0.25, -0.2) is 0 Å². The van der Waals surface area contributed by atoms with Crippen LogP contribution in [0.5, 0.6) is 0 Å². The van der Waals surface area contributed by atoms with Crippen molar-refractivity contribution in [3.8, 4) is 0 Å². The molecule has 0 saturated carbocycles. The van der Waals surface area contributed by atoms with Gasteiger partial charge in [0.1, 0.15) is 0 Å². The minimum absolute atomic E-state index is 0.204. The quantitative estimate of drug-likeness (QED) is 0.823. The summed E-state index contributed by atoms with van der Waals surface area (Å²) in [6.07, 6.45) is 2.64. The van der Waals surface area contributed by atoms with Crippen LogP contribution in [0.2, 0.25) is 0 Å². The van der Waals surface area contributed by atoms with Crippen molar-refractivity contribution < 1.29 is 4.79 Å². The SMILES string of the molecule is CCC(=O)N1CCCc2c(CN)cccc21. The molecule has 1 amide bonds. The fraction of sp³-hybridized carbons (Fsp3) is 0.462. The summed E-state index contributed by atoms with van der Waals surface area (Å²) in [5, 5.41) is 0. The number of hydrogen-bond donors (Lipinski definition) is 1. The molecule has 86 valence electrons. The highest BCUT2D eigenvalue weighted by molar-refractivity contribution is 5.94. The summed E-state index contributed by atoms with van der Waals surface area (Å²) >= 11 is 0. The number of benzene rings is 1. The lowest BCUT2D eigenvalue weighted by atomic mass is 9.96. The van der Waals surface area contributed by atoms with Gasteiger partial charge in [0.2, 0.25) is 5.91 Å². The number of anilines is 1. The maximum atomic E-state index is 11.8. The number of nitrogens with zero attached hydrogens (tertiary/aromatic N) is 1. The van der Waals surface area contributed by atoms with Crippen molar-refractivity contribution in [1.82, 2.24) is 0 Å². The van der Waals surface area contributed by atoms with Gasteiger partial charge < -0.3 is 10.6 Å². The molecule has 0 saturated heterocycles. The monoisotopic (exact) mass is 218 g/mol. The van der Waals surface area contributed by atoms with Gasteiger partial charge in [0.15, 0.2) is 0 Å². The van der Waals surface area contributed by atoms with E-state index in [9.17, 15) is 4.79 Å². The molecule has 0 fully saturated rings. The molecular formula is C13H18N2O. The fourth-order valence-corrected chi connectivity index (χ4v) is 2.34. The van der Waals surface area contributed by atoms with Gasteiger partial charge in [-0.05, 0) is 30.0 Å². The van der Waals surface area contributed by atoms with Gasteiger partial charge in [0.05, 0.1) is 0 Å². The predicted octanol–water partition coefficient (Wildman–Crippen LogP) is 1.83. The molecule has 0 spiro atoms. The number of nitrogens with two attached hydrogens (primary N) is 1. The van der Waals surface area contributed by atoms with Crippen molar-refractivity contribution in [1.29, 1.82) is 0 Å². The Morgan fingerprint density at radius 1 is 1.50 bits per heavy atom. The van der Waals surface area contributed by atoms with Gasteiger partial charge in [-0.1, -0.05) is 19.1 Å². The Morgan fingerprint density at radius 2 is 2.31 bits per heavy atom. The summed E-state index contributed by atoms with van der Waals surface area (Å²) in [5.74, 6) is 0.204. The smallest absolute Gasteiger partial charge is 0.226 e. The second-order valence-electron chi connectivity index (χ2n) is 4.12. The van der Waals surface area contributed by atoms with Crippen LogP contribution in [0.4, 0.5) is 5.69 Å². The largest absolute Gasteiger partial charge is 0.326 e. The first-order valence-electron chi connectivity index (χ1n) is 5.89. The Morgan fingerprint density at radius 3 is 3.00 bits per heavy atom. The Hall–Kier alpha value is -1.35. The number of fused-ring (bicyclic) bond motifs is 1. The molecule has 1 aliphatic heterocycles. The summed E-state index contributed by atoms with van der Waals surface area (Å²) in [6.45, 7) is 3.30. The first kappa shape index (κ1) is 11.1. The lowest BCUT2D eigenvalue weighted by Gasteiger charge is -2.30. The van der Waals surface area contributed by atoms with Gasteiger partial charge in [0.25, 0.3) is 0 Å². The Bertz CT molecular complexity index is 401. The van der Waals surface area contributed by atoms with Crippen molar-refractivity contribution >= 4 is 11.6 Å². The number of rotatable bonds is 2. The van der Waals surface area contributed by atoms with E-state index in [2.05, 4.69) is 6.07 Å². The molecule has 0 bridgehead atoms. The molecule has 1 heterocycles. The molecule has 2 rings (SSSR count). The van der Waals surface area contributed by atoms with Crippen LogP contribution >= 0.6 is 0 Å².